The molecule has 4 heteroatoms. The summed E-state index contributed by atoms with van der Waals surface area (Å²) in [6.07, 6.45) is 1.79. The minimum atomic E-state index is -0.367. The molecule has 0 saturated heterocycles. The highest BCUT2D eigenvalue weighted by Crippen LogP contribution is 2.18. The van der Waals surface area contributed by atoms with Crippen LogP contribution in [0.4, 0.5) is 4.39 Å². The molecule has 102 valence electrons. The Morgan fingerprint density at radius 1 is 1.39 bits per heavy atom. The van der Waals surface area contributed by atoms with Gasteiger partial charge in [-0.2, -0.15) is 0 Å². The Balaban J connectivity index is 2.74. The van der Waals surface area contributed by atoms with Crippen LogP contribution in [-0.2, 0) is 11.2 Å². The van der Waals surface area contributed by atoms with E-state index in [4.69, 9.17) is 16.3 Å². The fourth-order valence-corrected chi connectivity index (χ4v) is 2.19. The summed E-state index contributed by atoms with van der Waals surface area (Å²) < 4.78 is 19.1. The monoisotopic (exact) mass is 273 g/mol. The molecule has 0 saturated carbocycles. The molecular formula is C14H21ClFNO. The van der Waals surface area contributed by atoms with Crippen molar-refractivity contribution in [2.45, 2.75) is 38.8 Å². The Morgan fingerprint density at radius 3 is 2.61 bits per heavy atom. The van der Waals surface area contributed by atoms with Gasteiger partial charge in [-0.1, -0.05) is 24.6 Å². The first-order valence-electron chi connectivity index (χ1n) is 6.35. The Kier molecular flexibility index (Phi) is 6.61. The highest BCUT2D eigenvalue weighted by Gasteiger charge is 2.19. The second kappa shape index (κ2) is 7.72. The minimum absolute atomic E-state index is 0.138. The lowest BCUT2D eigenvalue weighted by Gasteiger charge is -2.26. The van der Waals surface area contributed by atoms with Gasteiger partial charge in [-0.15, -0.1) is 0 Å². The highest BCUT2D eigenvalue weighted by atomic mass is 35.5. The predicted molar refractivity (Wildman–Crippen MR) is 73.7 cm³/mol. The number of hydrogen-bond acceptors (Lipinski definition) is 2. The van der Waals surface area contributed by atoms with Crippen molar-refractivity contribution < 1.29 is 9.13 Å². The Hall–Kier alpha value is -0.640. The quantitative estimate of drug-likeness (QED) is 0.822. The zero-order valence-corrected chi connectivity index (χ0v) is 11.9. The van der Waals surface area contributed by atoms with Crippen LogP contribution >= 0.6 is 11.6 Å². The van der Waals surface area contributed by atoms with Gasteiger partial charge in [0, 0.05) is 12.6 Å². The first-order chi connectivity index (χ1) is 8.62. The number of hydrogen-bond donors (Lipinski definition) is 1. The van der Waals surface area contributed by atoms with E-state index in [9.17, 15) is 4.39 Å². The topological polar surface area (TPSA) is 21.3 Å². The molecule has 1 aromatic carbocycles. The van der Waals surface area contributed by atoms with Gasteiger partial charge in [0.1, 0.15) is 5.82 Å². The standard InChI is InChI=1S/C14H21ClFNO/c1-4-14(18-5-2)13(17-3)9-10-6-7-11(15)12(16)8-10/h6-8,13-14,17H,4-5,9H2,1-3H3. The molecule has 0 heterocycles. The van der Waals surface area contributed by atoms with E-state index in [1.807, 2.05) is 20.0 Å². The number of nitrogens with one attached hydrogen (secondary N) is 1. The molecular weight excluding hydrogens is 253 g/mol. The summed E-state index contributed by atoms with van der Waals surface area (Å²) in [5, 5.41) is 3.40. The summed E-state index contributed by atoms with van der Waals surface area (Å²) >= 11 is 5.68. The SMILES string of the molecule is CCOC(CC)C(Cc1ccc(Cl)c(F)c1)NC. The zero-order chi connectivity index (χ0) is 13.5. The molecule has 2 unspecified atom stereocenters. The summed E-state index contributed by atoms with van der Waals surface area (Å²) in [5.74, 6) is -0.367. The van der Waals surface area contributed by atoms with Crippen molar-refractivity contribution in [3.63, 3.8) is 0 Å². The first kappa shape index (κ1) is 15.4. The molecule has 0 spiro atoms. The Labute approximate surface area is 113 Å². The predicted octanol–water partition coefficient (Wildman–Crippen LogP) is 3.42. The molecule has 0 amide bonds. The summed E-state index contributed by atoms with van der Waals surface area (Å²) in [6.45, 7) is 4.76. The maximum atomic E-state index is 13.4. The van der Waals surface area contributed by atoms with Gasteiger partial charge in [-0.25, -0.2) is 4.39 Å². The summed E-state index contributed by atoms with van der Waals surface area (Å²) in [5.41, 5.74) is 0.925. The van der Waals surface area contributed by atoms with Crippen LogP contribution in [0.15, 0.2) is 18.2 Å². The zero-order valence-electron chi connectivity index (χ0n) is 11.2. The Morgan fingerprint density at radius 2 is 2.11 bits per heavy atom. The summed E-state index contributed by atoms with van der Waals surface area (Å²) in [7, 11) is 1.90. The van der Waals surface area contributed by atoms with Crippen LogP contribution in [0.1, 0.15) is 25.8 Å². The number of halogens is 2. The van der Waals surface area contributed by atoms with Crippen molar-refractivity contribution in [2.24, 2.45) is 0 Å². The molecule has 0 bridgehead atoms. The van der Waals surface area contributed by atoms with Crippen LogP contribution in [0.2, 0.25) is 5.02 Å². The molecule has 0 aromatic heterocycles. The van der Waals surface area contributed by atoms with Crippen LogP contribution in [-0.4, -0.2) is 25.8 Å². The second-order valence-electron chi connectivity index (χ2n) is 4.25. The van der Waals surface area contributed by atoms with Crippen LogP contribution < -0.4 is 5.32 Å². The highest BCUT2D eigenvalue weighted by molar-refractivity contribution is 6.30. The lowest BCUT2D eigenvalue weighted by atomic mass is 9.99. The van der Waals surface area contributed by atoms with E-state index < -0.39 is 0 Å². The maximum absolute atomic E-state index is 13.4. The molecule has 2 atom stereocenters. The van der Waals surface area contributed by atoms with Gasteiger partial charge in [-0.3, -0.25) is 0 Å². The smallest absolute Gasteiger partial charge is 0.142 e. The fourth-order valence-electron chi connectivity index (χ4n) is 2.07. The van der Waals surface area contributed by atoms with E-state index in [1.54, 1.807) is 6.07 Å². The summed E-state index contributed by atoms with van der Waals surface area (Å²) in [6, 6.07) is 5.12. The van der Waals surface area contributed by atoms with Gasteiger partial charge in [0.05, 0.1) is 11.1 Å². The lowest BCUT2D eigenvalue weighted by molar-refractivity contribution is 0.0339. The number of ether oxygens (including phenoxy) is 1. The molecule has 0 aliphatic heterocycles. The van der Waals surface area contributed by atoms with Gasteiger partial charge in [0.2, 0.25) is 0 Å². The third-order valence-electron chi connectivity index (χ3n) is 3.04. The molecule has 18 heavy (non-hydrogen) atoms. The van der Waals surface area contributed by atoms with Crippen molar-refractivity contribution in [2.75, 3.05) is 13.7 Å². The van der Waals surface area contributed by atoms with Crippen LogP contribution in [0.5, 0.6) is 0 Å². The summed E-state index contributed by atoms with van der Waals surface area (Å²) in [4.78, 5) is 0. The molecule has 0 aliphatic carbocycles. The van der Waals surface area contributed by atoms with Gasteiger partial charge in [0.15, 0.2) is 0 Å². The van der Waals surface area contributed by atoms with Crippen LogP contribution in [0, 0.1) is 5.82 Å². The lowest BCUT2D eigenvalue weighted by Crippen LogP contribution is -2.40. The third-order valence-corrected chi connectivity index (χ3v) is 3.35. The van der Waals surface area contributed by atoms with E-state index in [-0.39, 0.29) is 23.0 Å². The van der Waals surface area contributed by atoms with Crippen molar-refractivity contribution in [1.29, 1.82) is 0 Å². The van der Waals surface area contributed by atoms with Crippen molar-refractivity contribution in [3.8, 4) is 0 Å². The van der Waals surface area contributed by atoms with Crippen molar-refractivity contribution in [1.82, 2.24) is 5.32 Å². The van der Waals surface area contributed by atoms with Gasteiger partial charge < -0.3 is 10.1 Å². The number of likely N-dealkylation sites (N-methyl/N-ethyl adjacent to an activating group) is 1. The van der Waals surface area contributed by atoms with Gasteiger partial charge >= 0.3 is 0 Å². The van der Waals surface area contributed by atoms with Gasteiger partial charge in [-0.05, 0) is 44.5 Å². The number of benzene rings is 1. The Bertz CT molecular complexity index is 373. The van der Waals surface area contributed by atoms with E-state index >= 15 is 0 Å². The number of rotatable bonds is 7. The van der Waals surface area contributed by atoms with Crippen molar-refractivity contribution >= 4 is 11.6 Å². The third kappa shape index (κ3) is 4.23. The fraction of sp³-hybridized carbons (Fsp3) is 0.571. The average molecular weight is 274 g/mol. The van der Waals surface area contributed by atoms with Crippen LogP contribution in [0.3, 0.4) is 0 Å². The minimum Gasteiger partial charge on any atom is -0.377 e. The van der Waals surface area contributed by atoms with Crippen LogP contribution in [0.25, 0.3) is 0 Å². The van der Waals surface area contributed by atoms with E-state index in [0.29, 0.717) is 6.61 Å². The molecule has 2 nitrogen and oxygen atoms in total. The molecule has 0 radical (unpaired) electrons. The molecule has 1 N–H and O–H groups in total. The molecule has 0 aliphatic rings. The molecule has 1 aromatic rings. The van der Waals surface area contributed by atoms with Gasteiger partial charge in [0.25, 0.3) is 0 Å². The largest absolute Gasteiger partial charge is 0.377 e. The molecule has 1 rings (SSSR count). The van der Waals surface area contributed by atoms with E-state index in [0.717, 1.165) is 18.4 Å². The average Bonchev–Trinajstić information content (AvgIpc) is 2.37. The maximum Gasteiger partial charge on any atom is 0.142 e. The van der Waals surface area contributed by atoms with E-state index in [1.165, 1.54) is 6.07 Å². The van der Waals surface area contributed by atoms with Crippen molar-refractivity contribution in [3.05, 3.63) is 34.6 Å². The first-order valence-corrected chi connectivity index (χ1v) is 6.72. The second-order valence-corrected chi connectivity index (χ2v) is 4.66. The normalized spacial score (nSPS) is 14.5. The molecule has 0 fully saturated rings. The van der Waals surface area contributed by atoms with E-state index in [2.05, 4.69) is 12.2 Å².